The maximum Gasteiger partial charge on any atom is 0.118 e. The highest BCUT2D eigenvalue weighted by molar-refractivity contribution is 7.15. The monoisotopic (exact) mass is 276 g/mol. The molecule has 0 spiro atoms. The van der Waals surface area contributed by atoms with Gasteiger partial charge in [-0.15, -0.1) is 11.3 Å². The van der Waals surface area contributed by atoms with E-state index in [0.29, 0.717) is 0 Å². The number of hydrogen-bond acceptors (Lipinski definition) is 4. The molecule has 1 unspecified atom stereocenters. The zero-order valence-corrected chi connectivity index (χ0v) is 12.5. The van der Waals surface area contributed by atoms with E-state index in [-0.39, 0.29) is 6.04 Å². The van der Waals surface area contributed by atoms with Crippen molar-refractivity contribution >= 4 is 11.3 Å². The molecule has 3 nitrogen and oxygen atoms in total. The molecule has 0 aliphatic rings. The lowest BCUT2D eigenvalue weighted by molar-refractivity contribution is 0.415. The number of aryl methyl sites for hydroxylation is 1. The summed E-state index contributed by atoms with van der Waals surface area (Å²) in [7, 11) is 1.68. The van der Waals surface area contributed by atoms with E-state index in [2.05, 4.69) is 31.0 Å². The van der Waals surface area contributed by atoms with Crippen LogP contribution < -0.4 is 10.5 Å². The fraction of sp³-hybridized carbons (Fsp3) is 0.400. The standard InChI is InChI=1S/C15H20N2OS/c1-4-12(16)9-14-17-10(2)15(19-14)11-5-7-13(18-3)8-6-11/h5-8,12H,4,9,16H2,1-3H3. The molecule has 0 aliphatic carbocycles. The number of thiazole rings is 1. The SMILES string of the molecule is CCC(N)Cc1nc(C)c(-c2ccc(OC)cc2)s1. The van der Waals surface area contributed by atoms with Crippen molar-refractivity contribution in [3.63, 3.8) is 0 Å². The van der Waals surface area contributed by atoms with Crippen LogP contribution in [0.15, 0.2) is 24.3 Å². The minimum atomic E-state index is 0.203. The van der Waals surface area contributed by atoms with Crippen LogP contribution in [-0.4, -0.2) is 18.1 Å². The van der Waals surface area contributed by atoms with E-state index >= 15 is 0 Å². The van der Waals surface area contributed by atoms with E-state index in [4.69, 9.17) is 10.5 Å². The molecule has 0 fully saturated rings. The largest absolute Gasteiger partial charge is 0.497 e. The van der Waals surface area contributed by atoms with E-state index < -0.39 is 0 Å². The minimum absolute atomic E-state index is 0.203. The smallest absolute Gasteiger partial charge is 0.118 e. The second-order valence-corrected chi connectivity index (χ2v) is 5.71. The summed E-state index contributed by atoms with van der Waals surface area (Å²) in [5, 5.41) is 1.12. The molecule has 4 heteroatoms. The molecule has 1 atom stereocenters. The van der Waals surface area contributed by atoms with Gasteiger partial charge in [-0.25, -0.2) is 4.98 Å². The van der Waals surface area contributed by atoms with Crippen molar-refractivity contribution in [1.82, 2.24) is 4.98 Å². The van der Waals surface area contributed by atoms with Crippen molar-refractivity contribution in [3.8, 4) is 16.2 Å². The van der Waals surface area contributed by atoms with Crippen molar-refractivity contribution < 1.29 is 4.74 Å². The van der Waals surface area contributed by atoms with Gasteiger partial charge in [0.05, 0.1) is 22.7 Å². The number of nitrogens with two attached hydrogens (primary N) is 1. The van der Waals surface area contributed by atoms with Crippen LogP contribution >= 0.6 is 11.3 Å². The van der Waals surface area contributed by atoms with E-state index in [1.54, 1.807) is 18.4 Å². The van der Waals surface area contributed by atoms with Gasteiger partial charge < -0.3 is 10.5 Å². The first kappa shape index (κ1) is 14.0. The van der Waals surface area contributed by atoms with Gasteiger partial charge in [0.15, 0.2) is 0 Å². The fourth-order valence-corrected chi connectivity index (χ4v) is 3.08. The number of rotatable bonds is 5. The molecule has 102 valence electrons. The number of benzene rings is 1. The second-order valence-electron chi connectivity index (χ2n) is 4.62. The summed E-state index contributed by atoms with van der Waals surface area (Å²) in [6, 6.07) is 8.30. The van der Waals surface area contributed by atoms with Gasteiger partial charge in [0.1, 0.15) is 5.75 Å². The van der Waals surface area contributed by atoms with E-state index in [0.717, 1.165) is 29.3 Å². The van der Waals surface area contributed by atoms with Gasteiger partial charge in [0.25, 0.3) is 0 Å². The molecule has 0 amide bonds. The summed E-state index contributed by atoms with van der Waals surface area (Å²) < 4.78 is 5.18. The molecule has 1 heterocycles. The molecule has 2 rings (SSSR count). The van der Waals surface area contributed by atoms with Crippen LogP contribution in [0.3, 0.4) is 0 Å². The van der Waals surface area contributed by atoms with Crippen LogP contribution in [-0.2, 0) is 6.42 Å². The summed E-state index contributed by atoms with van der Waals surface area (Å²) in [5.74, 6) is 0.874. The molecule has 2 N–H and O–H groups in total. The molecular weight excluding hydrogens is 256 g/mol. The lowest BCUT2D eigenvalue weighted by Crippen LogP contribution is -2.21. The normalized spacial score (nSPS) is 12.4. The predicted octanol–water partition coefficient (Wildman–Crippen LogP) is 3.41. The number of ether oxygens (including phenoxy) is 1. The van der Waals surface area contributed by atoms with Gasteiger partial charge in [-0.1, -0.05) is 6.92 Å². The number of nitrogens with zero attached hydrogens (tertiary/aromatic N) is 1. The first-order valence-corrected chi connectivity index (χ1v) is 7.32. The first-order chi connectivity index (χ1) is 9.13. The van der Waals surface area contributed by atoms with Gasteiger partial charge in [0.2, 0.25) is 0 Å². The average molecular weight is 276 g/mol. The Bertz CT molecular complexity index is 534. The second kappa shape index (κ2) is 6.17. The lowest BCUT2D eigenvalue weighted by Gasteiger charge is -2.04. The predicted molar refractivity (Wildman–Crippen MR) is 80.8 cm³/mol. The van der Waals surface area contributed by atoms with E-state index in [1.807, 2.05) is 12.1 Å². The van der Waals surface area contributed by atoms with Crippen LogP contribution in [0.5, 0.6) is 5.75 Å². The van der Waals surface area contributed by atoms with E-state index in [1.165, 1.54) is 10.4 Å². The molecule has 1 aromatic heterocycles. The summed E-state index contributed by atoms with van der Waals surface area (Å²) in [4.78, 5) is 5.85. The zero-order chi connectivity index (χ0) is 13.8. The topological polar surface area (TPSA) is 48.1 Å². The van der Waals surface area contributed by atoms with Crippen LogP contribution in [0, 0.1) is 6.92 Å². The lowest BCUT2D eigenvalue weighted by atomic mass is 10.1. The molecule has 2 aromatic rings. The minimum Gasteiger partial charge on any atom is -0.497 e. The quantitative estimate of drug-likeness (QED) is 0.910. The molecular formula is C15H20N2OS. The molecule has 0 aliphatic heterocycles. The Kier molecular flexibility index (Phi) is 4.56. The third-order valence-corrected chi connectivity index (χ3v) is 4.38. The Labute approximate surface area is 118 Å². The Balaban J connectivity index is 2.24. The van der Waals surface area contributed by atoms with Gasteiger partial charge in [-0.05, 0) is 43.2 Å². The number of aromatic nitrogens is 1. The van der Waals surface area contributed by atoms with Crippen molar-refractivity contribution in [1.29, 1.82) is 0 Å². The molecule has 0 saturated heterocycles. The Morgan fingerprint density at radius 2 is 2.00 bits per heavy atom. The van der Waals surface area contributed by atoms with Crippen molar-refractivity contribution in [2.75, 3.05) is 7.11 Å². The number of hydrogen-bond donors (Lipinski definition) is 1. The van der Waals surface area contributed by atoms with Crippen LogP contribution in [0.2, 0.25) is 0 Å². The van der Waals surface area contributed by atoms with Crippen LogP contribution in [0.1, 0.15) is 24.0 Å². The molecule has 0 radical (unpaired) electrons. The summed E-state index contributed by atoms with van der Waals surface area (Å²) >= 11 is 1.74. The fourth-order valence-electron chi connectivity index (χ4n) is 1.92. The van der Waals surface area contributed by atoms with Gasteiger partial charge >= 0.3 is 0 Å². The third-order valence-electron chi connectivity index (χ3n) is 3.15. The number of methoxy groups -OCH3 is 1. The van der Waals surface area contributed by atoms with E-state index in [9.17, 15) is 0 Å². The maximum absolute atomic E-state index is 5.99. The summed E-state index contributed by atoms with van der Waals surface area (Å²) in [5.41, 5.74) is 8.26. The van der Waals surface area contributed by atoms with Crippen LogP contribution in [0.25, 0.3) is 10.4 Å². The Morgan fingerprint density at radius 1 is 1.32 bits per heavy atom. The maximum atomic E-state index is 5.99. The van der Waals surface area contributed by atoms with Gasteiger partial charge in [0, 0.05) is 12.5 Å². The molecule has 19 heavy (non-hydrogen) atoms. The molecule has 0 saturated carbocycles. The van der Waals surface area contributed by atoms with Crippen molar-refractivity contribution in [2.45, 2.75) is 32.7 Å². The third kappa shape index (κ3) is 3.33. The zero-order valence-electron chi connectivity index (χ0n) is 11.6. The summed E-state index contributed by atoms with van der Waals surface area (Å²) in [6.07, 6.45) is 1.84. The summed E-state index contributed by atoms with van der Waals surface area (Å²) in [6.45, 7) is 4.16. The highest BCUT2D eigenvalue weighted by Crippen LogP contribution is 2.31. The highest BCUT2D eigenvalue weighted by Gasteiger charge is 2.11. The van der Waals surface area contributed by atoms with Gasteiger partial charge in [-0.3, -0.25) is 0 Å². The first-order valence-electron chi connectivity index (χ1n) is 6.50. The Hall–Kier alpha value is -1.39. The Morgan fingerprint density at radius 3 is 2.58 bits per heavy atom. The molecule has 0 bridgehead atoms. The van der Waals surface area contributed by atoms with Crippen molar-refractivity contribution in [3.05, 3.63) is 35.0 Å². The van der Waals surface area contributed by atoms with Gasteiger partial charge in [-0.2, -0.15) is 0 Å². The molecule has 1 aromatic carbocycles. The van der Waals surface area contributed by atoms with Crippen molar-refractivity contribution in [2.24, 2.45) is 5.73 Å². The average Bonchev–Trinajstić information content (AvgIpc) is 2.79. The van der Waals surface area contributed by atoms with Crippen LogP contribution in [0.4, 0.5) is 0 Å². The highest BCUT2D eigenvalue weighted by atomic mass is 32.1.